The highest BCUT2D eigenvalue weighted by Gasteiger charge is 2.39. The summed E-state index contributed by atoms with van der Waals surface area (Å²) in [5.74, 6) is -1.82. The summed E-state index contributed by atoms with van der Waals surface area (Å²) in [5.41, 5.74) is -0.524. The Labute approximate surface area is 115 Å². The molecule has 21 heavy (non-hydrogen) atoms. The van der Waals surface area contributed by atoms with E-state index in [-0.39, 0.29) is 17.8 Å². The Morgan fingerprint density at radius 2 is 2.00 bits per heavy atom. The van der Waals surface area contributed by atoms with Crippen LogP contribution in [0, 0.1) is 0 Å². The van der Waals surface area contributed by atoms with Gasteiger partial charge in [0.15, 0.2) is 0 Å². The first-order chi connectivity index (χ1) is 9.88. The molecule has 0 N–H and O–H groups in total. The van der Waals surface area contributed by atoms with Gasteiger partial charge in [-0.3, -0.25) is 9.59 Å². The molecule has 1 amide bonds. The van der Waals surface area contributed by atoms with Crippen molar-refractivity contribution in [1.82, 2.24) is 5.16 Å². The van der Waals surface area contributed by atoms with Gasteiger partial charge in [-0.05, 0) is 18.2 Å². The van der Waals surface area contributed by atoms with Crippen LogP contribution in [0.1, 0.15) is 21.5 Å². The van der Waals surface area contributed by atoms with E-state index in [0.717, 1.165) is 17.0 Å². The summed E-state index contributed by atoms with van der Waals surface area (Å²) in [6.07, 6.45) is -1.92. The molecule has 2 aromatic rings. The molecule has 0 spiro atoms. The van der Waals surface area contributed by atoms with Crippen molar-refractivity contribution >= 4 is 17.4 Å². The maximum absolute atomic E-state index is 12.7. The number of amides is 1. The summed E-state index contributed by atoms with van der Waals surface area (Å²) in [5, 5.41) is 3.46. The maximum atomic E-state index is 12.7. The highest BCUT2D eigenvalue weighted by molar-refractivity contribution is 6.52. The summed E-state index contributed by atoms with van der Waals surface area (Å²) in [7, 11) is 0. The number of carbonyl (C=O) groups is 2. The monoisotopic (exact) mass is 296 g/mol. The second-order valence-corrected chi connectivity index (χ2v) is 4.48. The Morgan fingerprint density at radius 1 is 1.24 bits per heavy atom. The van der Waals surface area contributed by atoms with Crippen LogP contribution in [0.4, 0.5) is 18.9 Å². The van der Waals surface area contributed by atoms with Gasteiger partial charge in [0.2, 0.25) is 0 Å². The van der Waals surface area contributed by atoms with E-state index in [1.807, 2.05) is 0 Å². The Kier molecular flexibility index (Phi) is 2.82. The van der Waals surface area contributed by atoms with Gasteiger partial charge < -0.3 is 9.42 Å². The quantitative estimate of drug-likeness (QED) is 0.798. The molecule has 1 aliphatic heterocycles. The van der Waals surface area contributed by atoms with E-state index in [2.05, 4.69) is 9.68 Å². The van der Waals surface area contributed by atoms with E-state index in [0.29, 0.717) is 11.6 Å². The number of benzene rings is 1. The average Bonchev–Trinajstić information content (AvgIpc) is 3.01. The number of alkyl halides is 3. The molecular formula is C13H7F3N2O3. The molecule has 0 aliphatic carbocycles. The van der Waals surface area contributed by atoms with Crippen molar-refractivity contribution in [3.05, 3.63) is 47.3 Å². The highest BCUT2D eigenvalue weighted by atomic mass is 19.4. The van der Waals surface area contributed by atoms with E-state index < -0.39 is 23.4 Å². The van der Waals surface area contributed by atoms with Gasteiger partial charge in [-0.1, -0.05) is 5.16 Å². The molecule has 0 unspecified atom stereocenters. The Bertz CT molecular complexity index is 723. The molecule has 5 nitrogen and oxygen atoms in total. The molecule has 0 radical (unpaired) electrons. The number of aromatic nitrogens is 1. The van der Waals surface area contributed by atoms with Crippen molar-refractivity contribution in [3.8, 4) is 0 Å². The van der Waals surface area contributed by atoms with Crippen LogP contribution in [0.3, 0.4) is 0 Å². The van der Waals surface area contributed by atoms with Gasteiger partial charge in [0.1, 0.15) is 6.26 Å². The fourth-order valence-corrected chi connectivity index (χ4v) is 2.12. The number of halogens is 3. The molecule has 2 heterocycles. The van der Waals surface area contributed by atoms with E-state index in [4.69, 9.17) is 0 Å². The third-order valence-corrected chi connectivity index (χ3v) is 3.12. The number of anilines is 1. The second-order valence-electron chi connectivity index (χ2n) is 4.48. The van der Waals surface area contributed by atoms with Gasteiger partial charge in [0.05, 0.1) is 29.6 Å². The Balaban J connectivity index is 2.01. The van der Waals surface area contributed by atoms with Crippen LogP contribution in [-0.2, 0) is 17.5 Å². The predicted octanol–water partition coefficient (Wildman–Crippen LogP) is 2.42. The normalized spacial score (nSPS) is 14.7. The molecular weight excluding hydrogens is 289 g/mol. The fraction of sp³-hybridized carbons (Fsp3) is 0.154. The van der Waals surface area contributed by atoms with Crippen LogP contribution >= 0.6 is 0 Å². The maximum Gasteiger partial charge on any atom is 0.416 e. The predicted molar refractivity (Wildman–Crippen MR) is 63.5 cm³/mol. The van der Waals surface area contributed by atoms with Crippen molar-refractivity contribution in [2.75, 3.05) is 4.90 Å². The summed E-state index contributed by atoms with van der Waals surface area (Å²) in [4.78, 5) is 24.8. The van der Waals surface area contributed by atoms with Gasteiger partial charge in [-0.25, -0.2) is 0 Å². The Morgan fingerprint density at radius 3 is 2.62 bits per heavy atom. The molecule has 0 saturated carbocycles. The van der Waals surface area contributed by atoms with Crippen LogP contribution in [0.5, 0.6) is 0 Å². The van der Waals surface area contributed by atoms with Gasteiger partial charge >= 0.3 is 6.18 Å². The number of nitrogens with zero attached hydrogens (tertiary/aromatic N) is 2. The lowest BCUT2D eigenvalue weighted by Crippen LogP contribution is -2.28. The largest absolute Gasteiger partial charge is 0.416 e. The van der Waals surface area contributed by atoms with Gasteiger partial charge in [-0.15, -0.1) is 0 Å². The summed E-state index contributed by atoms with van der Waals surface area (Å²) in [6, 6.07) is 2.66. The van der Waals surface area contributed by atoms with Crippen LogP contribution in [0.25, 0.3) is 0 Å². The van der Waals surface area contributed by atoms with Crippen molar-refractivity contribution < 1.29 is 27.3 Å². The topological polar surface area (TPSA) is 63.4 Å². The first kappa shape index (κ1) is 13.3. The number of ketones is 1. The molecule has 8 heteroatoms. The minimum absolute atomic E-state index is 0.00639. The molecule has 108 valence electrons. The van der Waals surface area contributed by atoms with Gasteiger partial charge in [0.25, 0.3) is 11.7 Å². The van der Waals surface area contributed by atoms with Crippen molar-refractivity contribution in [2.45, 2.75) is 12.7 Å². The summed E-state index contributed by atoms with van der Waals surface area (Å²) >= 11 is 0. The lowest BCUT2D eigenvalue weighted by atomic mass is 10.1. The zero-order valence-corrected chi connectivity index (χ0v) is 10.3. The molecule has 1 aromatic carbocycles. The minimum atomic E-state index is -4.57. The number of fused-ring (bicyclic) bond motifs is 1. The van der Waals surface area contributed by atoms with Gasteiger partial charge in [-0.2, -0.15) is 13.2 Å². The first-order valence-electron chi connectivity index (χ1n) is 5.83. The number of Topliss-reactive ketones (excluding diaryl/α,β-unsaturated/α-hetero) is 1. The van der Waals surface area contributed by atoms with Crippen LogP contribution in [0.15, 0.2) is 35.2 Å². The first-order valence-corrected chi connectivity index (χ1v) is 5.83. The van der Waals surface area contributed by atoms with Gasteiger partial charge in [0, 0.05) is 5.56 Å². The third kappa shape index (κ3) is 2.18. The standard InChI is InChI=1S/C13H7F3N2O3/c14-13(15,16)8-1-2-10-9(3-8)11(19)12(20)18(10)5-7-4-17-21-6-7/h1-4,6H,5H2. The molecule has 0 bridgehead atoms. The molecule has 3 rings (SSSR count). The number of carbonyl (C=O) groups excluding carboxylic acids is 2. The number of hydrogen-bond acceptors (Lipinski definition) is 4. The molecule has 1 aliphatic rings. The molecule has 1 aromatic heterocycles. The SMILES string of the molecule is O=C1C(=O)N(Cc2cnoc2)c2ccc(C(F)(F)F)cc21. The third-order valence-electron chi connectivity index (χ3n) is 3.12. The van der Waals surface area contributed by atoms with Crippen LogP contribution in [0.2, 0.25) is 0 Å². The average molecular weight is 296 g/mol. The smallest absolute Gasteiger partial charge is 0.364 e. The Hall–Kier alpha value is -2.64. The van der Waals surface area contributed by atoms with E-state index in [1.54, 1.807) is 0 Å². The van der Waals surface area contributed by atoms with Crippen molar-refractivity contribution in [2.24, 2.45) is 0 Å². The summed E-state index contributed by atoms with van der Waals surface area (Å²) < 4.78 is 42.6. The van der Waals surface area contributed by atoms with E-state index in [9.17, 15) is 22.8 Å². The number of hydrogen-bond donors (Lipinski definition) is 0. The minimum Gasteiger partial charge on any atom is -0.364 e. The van der Waals surface area contributed by atoms with E-state index >= 15 is 0 Å². The fourth-order valence-electron chi connectivity index (χ4n) is 2.12. The molecule has 0 fully saturated rings. The zero-order valence-electron chi connectivity index (χ0n) is 10.3. The molecule has 0 saturated heterocycles. The van der Waals surface area contributed by atoms with Crippen molar-refractivity contribution in [3.63, 3.8) is 0 Å². The molecule has 0 atom stereocenters. The van der Waals surface area contributed by atoms with Crippen molar-refractivity contribution in [1.29, 1.82) is 0 Å². The lowest BCUT2D eigenvalue weighted by Gasteiger charge is -2.15. The van der Waals surface area contributed by atoms with Crippen LogP contribution < -0.4 is 4.90 Å². The summed E-state index contributed by atoms with van der Waals surface area (Å²) in [6.45, 7) is 0.00639. The number of rotatable bonds is 2. The zero-order chi connectivity index (χ0) is 15.2. The second kappa shape index (κ2) is 4.44. The highest BCUT2D eigenvalue weighted by Crippen LogP contribution is 2.36. The van der Waals surface area contributed by atoms with E-state index in [1.165, 1.54) is 12.5 Å². The van der Waals surface area contributed by atoms with Crippen LogP contribution in [-0.4, -0.2) is 16.8 Å². The lowest BCUT2D eigenvalue weighted by molar-refractivity contribution is -0.137.